The fourth-order valence-corrected chi connectivity index (χ4v) is 3.23. The van der Waals surface area contributed by atoms with Crippen LogP contribution in [0.3, 0.4) is 0 Å². The maximum atomic E-state index is 12.5. The van der Waals surface area contributed by atoms with Gasteiger partial charge < -0.3 is 14.7 Å². The summed E-state index contributed by atoms with van der Waals surface area (Å²) in [5.41, 5.74) is 1.10. The minimum atomic E-state index is -0.497. The first-order valence-electron chi connectivity index (χ1n) is 8.27. The van der Waals surface area contributed by atoms with Gasteiger partial charge in [-0.1, -0.05) is 30.3 Å². The number of fused-ring (bicyclic) bond motifs is 1. The van der Waals surface area contributed by atoms with E-state index in [1.54, 1.807) is 7.05 Å². The number of guanidine groups is 1. The number of hydrogen-bond donors (Lipinski definition) is 1. The van der Waals surface area contributed by atoms with Gasteiger partial charge in [0.15, 0.2) is 18.2 Å². The number of nitrogens with zero attached hydrogens (tertiary/aromatic N) is 4. The maximum absolute atomic E-state index is 12.5. The van der Waals surface area contributed by atoms with Crippen LogP contribution in [0.5, 0.6) is 0 Å². The van der Waals surface area contributed by atoms with Crippen LogP contribution < -0.4 is 5.32 Å². The highest BCUT2D eigenvalue weighted by molar-refractivity contribution is 6.03. The number of carbonyl (C=O) groups excluding carboxylic acids is 2. The van der Waals surface area contributed by atoms with Crippen molar-refractivity contribution < 1.29 is 9.59 Å². The van der Waals surface area contributed by atoms with E-state index in [1.807, 2.05) is 35.2 Å². The van der Waals surface area contributed by atoms with Gasteiger partial charge in [-0.2, -0.15) is 0 Å². The average molecular weight is 329 g/mol. The Morgan fingerprint density at radius 2 is 1.83 bits per heavy atom. The third kappa shape index (κ3) is 2.70. The standard InChI is InChI=1S/C17H23N5O2/c1-4-21(5-2)16-18-14-13(15(23)19-17(24)20(14)3)22(16)11-12-9-7-6-8-10-12/h6-10,13-14H,4-5,11H2,1-3H3,(H,19,23,24). The zero-order chi connectivity index (χ0) is 17.3. The number of likely N-dealkylation sites (N-methyl/N-ethyl adjacent to an activating group) is 1. The quantitative estimate of drug-likeness (QED) is 0.897. The molecule has 3 rings (SSSR count). The van der Waals surface area contributed by atoms with E-state index in [2.05, 4.69) is 24.1 Å². The van der Waals surface area contributed by atoms with Gasteiger partial charge >= 0.3 is 6.03 Å². The largest absolute Gasteiger partial charge is 0.343 e. The summed E-state index contributed by atoms with van der Waals surface area (Å²) < 4.78 is 0. The first-order chi connectivity index (χ1) is 11.6. The Bertz CT molecular complexity index is 656. The second-order valence-electron chi connectivity index (χ2n) is 5.98. The molecule has 3 amide bonds. The monoisotopic (exact) mass is 329 g/mol. The number of aliphatic imine (C=N–C) groups is 1. The minimum Gasteiger partial charge on any atom is -0.343 e. The van der Waals surface area contributed by atoms with E-state index < -0.39 is 18.2 Å². The molecule has 2 heterocycles. The van der Waals surface area contributed by atoms with Gasteiger partial charge in [0, 0.05) is 26.7 Å². The van der Waals surface area contributed by atoms with Gasteiger partial charge in [0.2, 0.25) is 0 Å². The summed E-state index contributed by atoms with van der Waals surface area (Å²) >= 11 is 0. The number of rotatable bonds is 4. The molecule has 1 aromatic rings. The van der Waals surface area contributed by atoms with Crippen LogP contribution in [0.15, 0.2) is 35.3 Å². The highest BCUT2D eigenvalue weighted by Gasteiger charge is 2.49. The summed E-state index contributed by atoms with van der Waals surface area (Å²) in [5.74, 6) is 0.487. The van der Waals surface area contributed by atoms with Crippen LogP contribution in [0.25, 0.3) is 0 Å². The van der Waals surface area contributed by atoms with Crippen molar-refractivity contribution in [3.8, 4) is 0 Å². The maximum Gasteiger partial charge on any atom is 0.325 e. The molecule has 1 N–H and O–H groups in total. The van der Waals surface area contributed by atoms with Crippen molar-refractivity contribution in [1.29, 1.82) is 0 Å². The molecule has 7 heteroatoms. The molecule has 0 aromatic heterocycles. The molecule has 2 aliphatic rings. The molecule has 1 saturated heterocycles. The van der Waals surface area contributed by atoms with Crippen LogP contribution in [0.1, 0.15) is 19.4 Å². The Labute approximate surface area is 141 Å². The molecule has 0 aliphatic carbocycles. The zero-order valence-electron chi connectivity index (χ0n) is 14.3. The third-order valence-corrected chi connectivity index (χ3v) is 4.58. The van der Waals surface area contributed by atoms with Crippen LogP contribution in [0.4, 0.5) is 4.79 Å². The molecule has 1 fully saturated rings. The van der Waals surface area contributed by atoms with Gasteiger partial charge in [-0.25, -0.2) is 9.79 Å². The number of hydrogen-bond acceptors (Lipinski definition) is 5. The minimum absolute atomic E-state index is 0.287. The summed E-state index contributed by atoms with van der Waals surface area (Å²) in [6.07, 6.45) is -0.481. The van der Waals surface area contributed by atoms with Crippen molar-refractivity contribution in [2.45, 2.75) is 32.6 Å². The van der Waals surface area contributed by atoms with Gasteiger partial charge in [-0.15, -0.1) is 0 Å². The second-order valence-corrected chi connectivity index (χ2v) is 5.98. The summed E-state index contributed by atoms with van der Waals surface area (Å²) in [6, 6.07) is 9.09. The van der Waals surface area contributed by atoms with Crippen molar-refractivity contribution in [1.82, 2.24) is 20.0 Å². The molecule has 2 unspecified atom stereocenters. The summed E-state index contributed by atoms with van der Waals surface area (Å²) in [5, 5.41) is 2.43. The Hall–Kier alpha value is -2.57. The lowest BCUT2D eigenvalue weighted by Gasteiger charge is -2.37. The van der Waals surface area contributed by atoms with Gasteiger partial charge in [0.25, 0.3) is 5.91 Å². The number of benzene rings is 1. The number of imide groups is 1. The molecule has 0 spiro atoms. The van der Waals surface area contributed by atoms with E-state index in [0.29, 0.717) is 6.54 Å². The van der Waals surface area contributed by atoms with Gasteiger partial charge in [-0.05, 0) is 19.4 Å². The van der Waals surface area contributed by atoms with Crippen LogP contribution in [-0.2, 0) is 11.3 Å². The first kappa shape index (κ1) is 16.3. The molecular weight excluding hydrogens is 306 g/mol. The van der Waals surface area contributed by atoms with Crippen molar-refractivity contribution in [2.75, 3.05) is 20.1 Å². The number of carbonyl (C=O) groups is 2. The highest BCUT2D eigenvalue weighted by Crippen LogP contribution is 2.27. The Balaban J connectivity index is 1.97. The summed E-state index contributed by atoms with van der Waals surface area (Å²) in [4.78, 5) is 34.8. The lowest BCUT2D eigenvalue weighted by atomic mass is 10.1. The molecule has 0 saturated carbocycles. The van der Waals surface area contributed by atoms with Crippen molar-refractivity contribution >= 4 is 17.9 Å². The predicted molar refractivity (Wildman–Crippen MR) is 91.2 cm³/mol. The smallest absolute Gasteiger partial charge is 0.325 e. The normalized spacial score (nSPS) is 23.0. The topological polar surface area (TPSA) is 68.2 Å². The van der Waals surface area contributed by atoms with Crippen LogP contribution >= 0.6 is 0 Å². The highest BCUT2D eigenvalue weighted by atomic mass is 16.2. The molecule has 2 atom stereocenters. The number of amides is 3. The van der Waals surface area contributed by atoms with Crippen LogP contribution in [0.2, 0.25) is 0 Å². The third-order valence-electron chi connectivity index (χ3n) is 4.58. The molecule has 2 aliphatic heterocycles. The second kappa shape index (κ2) is 6.51. The Morgan fingerprint density at radius 3 is 2.46 bits per heavy atom. The van der Waals surface area contributed by atoms with Crippen LogP contribution in [0, 0.1) is 0 Å². The van der Waals surface area contributed by atoms with Crippen molar-refractivity contribution in [2.24, 2.45) is 4.99 Å². The van der Waals surface area contributed by atoms with Crippen molar-refractivity contribution in [3.05, 3.63) is 35.9 Å². The lowest BCUT2D eigenvalue weighted by Crippen LogP contribution is -2.64. The molecule has 1 aromatic carbocycles. The Kier molecular flexibility index (Phi) is 4.42. The van der Waals surface area contributed by atoms with Gasteiger partial charge in [-0.3, -0.25) is 10.1 Å². The zero-order valence-corrected chi connectivity index (χ0v) is 14.3. The average Bonchev–Trinajstić information content (AvgIpc) is 2.95. The van der Waals surface area contributed by atoms with Crippen molar-refractivity contribution in [3.63, 3.8) is 0 Å². The van der Waals surface area contributed by atoms with Crippen LogP contribution in [-0.4, -0.2) is 64.9 Å². The predicted octanol–water partition coefficient (Wildman–Crippen LogP) is 1.08. The van der Waals surface area contributed by atoms with Gasteiger partial charge in [0.1, 0.15) is 0 Å². The van der Waals surface area contributed by atoms with E-state index in [9.17, 15) is 9.59 Å². The summed E-state index contributed by atoms with van der Waals surface area (Å²) in [7, 11) is 1.68. The Morgan fingerprint density at radius 1 is 1.17 bits per heavy atom. The van der Waals surface area contributed by atoms with E-state index in [-0.39, 0.29) is 5.91 Å². The molecule has 0 radical (unpaired) electrons. The first-order valence-corrected chi connectivity index (χ1v) is 8.27. The fourth-order valence-electron chi connectivity index (χ4n) is 3.23. The van der Waals surface area contributed by atoms with E-state index >= 15 is 0 Å². The molecule has 0 bridgehead atoms. The molecule has 128 valence electrons. The fraction of sp³-hybridized carbons (Fsp3) is 0.471. The van der Waals surface area contributed by atoms with E-state index in [1.165, 1.54) is 4.90 Å². The molecular formula is C17H23N5O2. The van der Waals surface area contributed by atoms with Gasteiger partial charge in [0.05, 0.1) is 0 Å². The van der Waals surface area contributed by atoms with E-state index in [4.69, 9.17) is 4.99 Å². The SMILES string of the molecule is CCN(CC)C1=NC2C(C(=O)NC(=O)N2C)N1Cc1ccccc1. The lowest BCUT2D eigenvalue weighted by molar-refractivity contribution is -0.127. The number of urea groups is 1. The summed E-state index contributed by atoms with van der Waals surface area (Å²) in [6.45, 7) is 6.28. The molecule has 24 heavy (non-hydrogen) atoms. The molecule has 7 nitrogen and oxygen atoms in total. The number of nitrogens with one attached hydrogen (secondary N) is 1. The van der Waals surface area contributed by atoms with E-state index in [0.717, 1.165) is 24.6 Å².